The molecule has 7 rings (SSSR count). The maximum atomic E-state index is 6.77. The van der Waals surface area contributed by atoms with E-state index < -0.39 is 11.4 Å². The fourth-order valence-corrected chi connectivity index (χ4v) is 7.49. The molecule has 6 nitrogen and oxygen atoms in total. The number of hydrogen-bond donors (Lipinski definition) is 0. The van der Waals surface area contributed by atoms with E-state index >= 15 is 0 Å². The first-order chi connectivity index (χ1) is 16.0. The molecule has 2 bridgehead atoms. The zero-order valence-electron chi connectivity index (χ0n) is 20.4. The SMILES string of the molecule is C[C@H]1[C@@H](CCN2CCN(c3ccccc3)CC2)O[C@@H]2O[C@@]3(C)CC[C@H]4[C@H](C)CC[C@@H]1[C@@]24OO3. The lowest BCUT2D eigenvalue weighted by atomic mass is 9.57. The normalized spacial score (nSPS) is 45.5. The van der Waals surface area contributed by atoms with Crippen LogP contribution < -0.4 is 4.90 Å². The Morgan fingerprint density at radius 2 is 1.73 bits per heavy atom. The Labute approximate surface area is 198 Å². The molecule has 5 heterocycles. The molecule has 5 aliphatic heterocycles. The Kier molecular flexibility index (Phi) is 5.73. The summed E-state index contributed by atoms with van der Waals surface area (Å²) in [5.74, 6) is 1.25. The average Bonchev–Trinajstić information content (AvgIpc) is 3.07. The van der Waals surface area contributed by atoms with Gasteiger partial charge in [-0.05, 0) is 62.5 Å². The van der Waals surface area contributed by atoms with Crippen LogP contribution in [0.15, 0.2) is 30.3 Å². The summed E-state index contributed by atoms with van der Waals surface area (Å²) in [6.07, 6.45) is 5.36. The van der Waals surface area contributed by atoms with Crippen LogP contribution in [0.3, 0.4) is 0 Å². The van der Waals surface area contributed by atoms with Crippen molar-refractivity contribution in [2.24, 2.45) is 23.7 Å². The maximum Gasteiger partial charge on any atom is 0.201 e. The highest BCUT2D eigenvalue weighted by molar-refractivity contribution is 5.46. The molecule has 1 spiro atoms. The largest absolute Gasteiger partial charge is 0.369 e. The minimum Gasteiger partial charge on any atom is -0.369 e. The van der Waals surface area contributed by atoms with Gasteiger partial charge in [-0.15, -0.1) is 0 Å². The molecule has 6 heteroatoms. The second-order valence-electron chi connectivity index (χ2n) is 11.4. The van der Waals surface area contributed by atoms with Gasteiger partial charge in [0.2, 0.25) is 5.79 Å². The van der Waals surface area contributed by atoms with Crippen LogP contribution >= 0.6 is 0 Å². The van der Waals surface area contributed by atoms with E-state index in [1.54, 1.807) is 0 Å². The smallest absolute Gasteiger partial charge is 0.201 e. The van der Waals surface area contributed by atoms with Gasteiger partial charge in [0.1, 0.15) is 0 Å². The van der Waals surface area contributed by atoms with E-state index in [9.17, 15) is 0 Å². The highest BCUT2D eigenvalue weighted by Crippen LogP contribution is 2.60. The Morgan fingerprint density at radius 3 is 2.52 bits per heavy atom. The molecule has 6 fully saturated rings. The molecule has 6 aliphatic rings. The lowest BCUT2D eigenvalue weighted by Crippen LogP contribution is -2.70. The monoisotopic (exact) mass is 456 g/mol. The number of para-hydroxylation sites is 1. The van der Waals surface area contributed by atoms with Crippen molar-refractivity contribution in [1.82, 2.24) is 4.90 Å². The number of hydrogen-bond acceptors (Lipinski definition) is 6. The van der Waals surface area contributed by atoms with Crippen LogP contribution in [-0.2, 0) is 19.2 Å². The van der Waals surface area contributed by atoms with Gasteiger partial charge in [0.15, 0.2) is 11.9 Å². The predicted molar refractivity (Wildman–Crippen MR) is 127 cm³/mol. The lowest BCUT2D eigenvalue weighted by molar-refractivity contribution is -0.571. The van der Waals surface area contributed by atoms with Crippen LogP contribution in [0.2, 0.25) is 0 Å². The van der Waals surface area contributed by atoms with Crippen molar-refractivity contribution in [2.75, 3.05) is 37.6 Å². The fraction of sp³-hybridized carbons (Fsp3) is 0.778. The third kappa shape index (κ3) is 3.73. The number of benzene rings is 1. The van der Waals surface area contributed by atoms with Gasteiger partial charge in [0.25, 0.3) is 0 Å². The molecule has 8 atom stereocenters. The van der Waals surface area contributed by atoms with E-state index in [2.05, 4.69) is 54.0 Å². The van der Waals surface area contributed by atoms with Crippen LogP contribution in [0.4, 0.5) is 5.69 Å². The first-order valence-electron chi connectivity index (χ1n) is 13.2. The van der Waals surface area contributed by atoms with Gasteiger partial charge in [-0.2, -0.15) is 0 Å². The van der Waals surface area contributed by atoms with Crippen LogP contribution in [-0.4, -0.2) is 61.4 Å². The number of fused-ring (bicyclic) bond motifs is 2. The zero-order chi connectivity index (χ0) is 22.6. The molecule has 1 saturated carbocycles. The average molecular weight is 457 g/mol. The van der Waals surface area contributed by atoms with E-state index in [1.807, 2.05) is 6.92 Å². The van der Waals surface area contributed by atoms with Crippen molar-refractivity contribution in [2.45, 2.75) is 76.7 Å². The Balaban J connectivity index is 1.12. The van der Waals surface area contributed by atoms with E-state index in [4.69, 9.17) is 19.2 Å². The van der Waals surface area contributed by atoms with E-state index in [0.29, 0.717) is 23.7 Å². The topological polar surface area (TPSA) is 43.4 Å². The van der Waals surface area contributed by atoms with Gasteiger partial charge < -0.3 is 14.4 Å². The lowest BCUT2D eigenvalue weighted by Gasteiger charge is -2.60. The molecule has 0 radical (unpaired) electrons. The maximum absolute atomic E-state index is 6.77. The van der Waals surface area contributed by atoms with Crippen LogP contribution in [0.5, 0.6) is 0 Å². The molecule has 1 aromatic carbocycles. The molecule has 33 heavy (non-hydrogen) atoms. The molecular formula is C27H40N2O4. The third-order valence-corrected chi connectivity index (χ3v) is 9.52. The second kappa shape index (κ2) is 8.49. The van der Waals surface area contributed by atoms with E-state index in [-0.39, 0.29) is 12.4 Å². The molecule has 0 unspecified atom stereocenters. The van der Waals surface area contributed by atoms with Crippen LogP contribution in [0.1, 0.15) is 52.9 Å². The van der Waals surface area contributed by atoms with Gasteiger partial charge in [-0.3, -0.25) is 4.90 Å². The second-order valence-corrected chi connectivity index (χ2v) is 11.4. The third-order valence-electron chi connectivity index (χ3n) is 9.52. The van der Waals surface area contributed by atoms with Crippen molar-refractivity contribution >= 4 is 5.69 Å². The van der Waals surface area contributed by atoms with E-state index in [1.165, 1.54) is 18.5 Å². The van der Waals surface area contributed by atoms with Gasteiger partial charge in [-0.1, -0.05) is 32.0 Å². The van der Waals surface area contributed by atoms with E-state index in [0.717, 1.165) is 52.0 Å². The summed E-state index contributed by atoms with van der Waals surface area (Å²) in [5, 5.41) is 0. The van der Waals surface area contributed by atoms with Crippen molar-refractivity contribution < 1.29 is 19.2 Å². The molecule has 182 valence electrons. The standard InChI is InChI=1S/C27H40N2O4/c1-19-9-10-23-20(2)24(30-25-27(23)22(19)11-13-26(3,31-25)32-33-27)12-14-28-15-17-29(18-16-28)21-7-5-4-6-8-21/h4-8,19-20,22-25H,9-18H2,1-3H3/t19-,20-,22+,23+,24-,25-,26-,27-/m1/s1. The molecule has 5 saturated heterocycles. The molecule has 0 N–H and O–H groups in total. The first kappa shape index (κ1) is 22.3. The highest BCUT2D eigenvalue weighted by atomic mass is 17.3. The van der Waals surface area contributed by atoms with Gasteiger partial charge >= 0.3 is 0 Å². The first-order valence-corrected chi connectivity index (χ1v) is 13.2. The summed E-state index contributed by atoms with van der Waals surface area (Å²) < 4.78 is 13.3. The zero-order valence-corrected chi connectivity index (χ0v) is 20.4. The van der Waals surface area contributed by atoms with Gasteiger partial charge in [0, 0.05) is 50.7 Å². The van der Waals surface area contributed by atoms with Crippen molar-refractivity contribution in [3.05, 3.63) is 30.3 Å². The Hall–Kier alpha value is -1.18. The van der Waals surface area contributed by atoms with Crippen molar-refractivity contribution in [3.63, 3.8) is 0 Å². The van der Waals surface area contributed by atoms with Gasteiger partial charge in [0.05, 0.1) is 6.10 Å². The van der Waals surface area contributed by atoms with Crippen LogP contribution in [0.25, 0.3) is 0 Å². The minimum absolute atomic E-state index is 0.207. The number of nitrogens with zero attached hydrogens (tertiary/aromatic N) is 2. The number of ether oxygens (including phenoxy) is 2. The molecular weight excluding hydrogens is 416 g/mol. The quantitative estimate of drug-likeness (QED) is 0.624. The molecule has 0 amide bonds. The highest BCUT2D eigenvalue weighted by Gasteiger charge is 2.69. The molecule has 1 aromatic rings. The summed E-state index contributed by atoms with van der Waals surface area (Å²) >= 11 is 0. The Morgan fingerprint density at radius 1 is 0.939 bits per heavy atom. The summed E-state index contributed by atoms with van der Waals surface area (Å²) in [6.45, 7) is 12.2. The number of rotatable bonds is 4. The summed E-state index contributed by atoms with van der Waals surface area (Å²) in [7, 11) is 0. The van der Waals surface area contributed by atoms with Gasteiger partial charge in [-0.25, -0.2) is 9.78 Å². The van der Waals surface area contributed by atoms with Crippen molar-refractivity contribution in [3.8, 4) is 0 Å². The summed E-state index contributed by atoms with van der Waals surface area (Å²) in [6, 6.07) is 10.8. The predicted octanol–water partition coefficient (Wildman–Crippen LogP) is 4.45. The summed E-state index contributed by atoms with van der Waals surface area (Å²) in [4.78, 5) is 17.3. The number of piperazine rings is 1. The Bertz CT molecular complexity index is 831. The van der Waals surface area contributed by atoms with Crippen molar-refractivity contribution in [1.29, 1.82) is 0 Å². The van der Waals surface area contributed by atoms with Crippen LogP contribution in [0, 0.1) is 23.7 Å². The molecule has 0 aromatic heterocycles. The number of anilines is 1. The summed E-state index contributed by atoms with van der Waals surface area (Å²) in [5.41, 5.74) is 0.897. The fourth-order valence-electron chi connectivity index (χ4n) is 7.49. The minimum atomic E-state index is -0.684. The molecule has 1 aliphatic carbocycles.